The predicted molar refractivity (Wildman–Crippen MR) is 161 cm³/mol. The fourth-order valence-electron chi connectivity index (χ4n) is 4.90. The summed E-state index contributed by atoms with van der Waals surface area (Å²) in [6.07, 6.45) is 2.50. The molecular weight excluding hydrogens is 600 g/mol. The highest BCUT2D eigenvalue weighted by Crippen LogP contribution is 2.30. The molecule has 1 aliphatic rings. The van der Waals surface area contributed by atoms with Crippen LogP contribution in [0.2, 0.25) is 0 Å². The number of carbonyl (C=O) groups is 1. The van der Waals surface area contributed by atoms with Crippen LogP contribution in [0.15, 0.2) is 27.6 Å². The molecule has 2 heterocycles. The van der Waals surface area contributed by atoms with Gasteiger partial charge in [0.1, 0.15) is 11.4 Å². The highest BCUT2D eigenvalue weighted by molar-refractivity contribution is 7.92. The lowest BCUT2D eigenvalue weighted by atomic mass is 10.0. The van der Waals surface area contributed by atoms with Crippen molar-refractivity contribution in [3.63, 3.8) is 0 Å². The van der Waals surface area contributed by atoms with E-state index in [0.717, 1.165) is 19.1 Å². The van der Waals surface area contributed by atoms with E-state index in [0.29, 0.717) is 13.0 Å². The summed E-state index contributed by atoms with van der Waals surface area (Å²) in [7, 11) is -6.08. The summed E-state index contributed by atoms with van der Waals surface area (Å²) in [5.41, 5.74) is 0.443. The van der Waals surface area contributed by atoms with Gasteiger partial charge in [-0.3, -0.25) is 9.52 Å². The summed E-state index contributed by atoms with van der Waals surface area (Å²) in [6.45, 7) is 8.77. The Morgan fingerprint density at radius 2 is 1.88 bits per heavy atom. The number of likely N-dealkylation sites (N-methyl/N-ethyl adjacent to an activating group) is 1. The number of rotatable bonds is 8. The normalized spacial score (nSPS) is 22.0. The van der Waals surface area contributed by atoms with Crippen molar-refractivity contribution in [1.29, 1.82) is 0 Å². The molecule has 0 unspecified atom stereocenters. The van der Waals surface area contributed by atoms with E-state index >= 15 is 0 Å². The first kappa shape index (κ1) is 34.8. The van der Waals surface area contributed by atoms with Gasteiger partial charge in [-0.15, -0.1) is 0 Å². The average Bonchev–Trinajstić information content (AvgIpc) is 3.27. The van der Waals surface area contributed by atoms with Crippen molar-refractivity contribution >= 4 is 31.6 Å². The van der Waals surface area contributed by atoms with E-state index in [1.54, 1.807) is 13.0 Å². The molecular formula is C28H44N4O9S2. The van der Waals surface area contributed by atoms with Crippen LogP contribution in [-0.2, 0) is 24.8 Å². The van der Waals surface area contributed by atoms with Crippen LogP contribution in [0.25, 0.3) is 0 Å². The van der Waals surface area contributed by atoms with Gasteiger partial charge in [-0.25, -0.2) is 21.1 Å². The minimum absolute atomic E-state index is 0.0850. The topological polar surface area (TPSA) is 169 Å². The quantitative estimate of drug-likeness (QED) is 0.436. The van der Waals surface area contributed by atoms with Crippen molar-refractivity contribution < 1.29 is 40.7 Å². The SMILES string of the molecule is Cc1noc(C)c1S(=O)(=O)Nc1ccc2c(c1)C(=O)N([C@@H](C)CO)C[C@H](C)[C@H](CN(C)S(C)(=O)=O)OCCCC[C@@H](C)O2. The molecule has 1 amide bonds. The number of nitrogens with one attached hydrogen (secondary N) is 1. The van der Waals surface area contributed by atoms with Gasteiger partial charge >= 0.3 is 0 Å². The van der Waals surface area contributed by atoms with Gasteiger partial charge in [0.05, 0.1) is 36.7 Å². The summed E-state index contributed by atoms with van der Waals surface area (Å²) < 4.78 is 71.8. The number of hydrogen-bond acceptors (Lipinski definition) is 10. The highest BCUT2D eigenvalue weighted by atomic mass is 32.2. The summed E-state index contributed by atoms with van der Waals surface area (Å²) in [4.78, 5) is 15.6. The zero-order valence-corrected chi connectivity index (χ0v) is 27.5. The van der Waals surface area contributed by atoms with E-state index in [4.69, 9.17) is 14.0 Å². The number of amides is 1. The molecule has 0 bridgehead atoms. The zero-order chi connectivity index (χ0) is 32.1. The molecule has 0 saturated carbocycles. The maximum absolute atomic E-state index is 14.2. The first-order valence-electron chi connectivity index (χ1n) is 14.3. The number of aliphatic hydroxyl groups is 1. The molecule has 0 radical (unpaired) electrons. The maximum Gasteiger partial charge on any atom is 0.267 e. The molecule has 2 aromatic rings. The van der Waals surface area contributed by atoms with E-state index in [1.807, 2.05) is 13.8 Å². The number of anilines is 1. The van der Waals surface area contributed by atoms with Crippen LogP contribution in [0.3, 0.4) is 0 Å². The molecule has 4 atom stereocenters. The van der Waals surface area contributed by atoms with Crippen molar-refractivity contribution in [3.05, 3.63) is 35.2 Å². The number of nitrogens with zero attached hydrogens (tertiary/aromatic N) is 3. The molecule has 1 aromatic carbocycles. The van der Waals surface area contributed by atoms with Crippen molar-refractivity contribution in [1.82, 2.24) is 14.4 Å². The fourth-order valence-corrected chi connectivity index (χ4v) is 6.70. The van der Waals surface area contributed by atoms with E-state index in [1.165, 1.54) is 42.2 Å². The molecule has 1 aliphatic heterocycles. The Morgan fingerprint density at radius 3 is 2.49 bits per heavy atom. The first-order chi connectivity index (χ1) is 20.0. The number of aliphatic hydroxyl groups excluding tert-OH is 1. The lowest BCUT2D eigenvalue weighted by Crippen LogP contribution is -2.47. The summed E-state index contributed by atoms with van der Waals surface area (Å²) in [6, 6.07) is 3.87. The number of ether oxygens (including phenoxy) is 2. The molecule has 242 valence electrons. The van der Waals surface area contributed by atoms with Crippen LogP contribution in [0.1, 0.15) is 61.8 Å². The zero-order valence-electron chi connectivity index (χ0n) is 25.9. The minimum atomic E-state index is -4.09. The van der Waals surface area contributed by atoms with Gasteiger partial charge in [0, 0.05) is 38.3 Å². The van der Waals surface area contributed by atoms with E-state index < -0.39 is 38.1 Å². The van der Waals surface area contributed by atoms with Crippen LogP contribution < -0.4 is 9.46 Å². The summed E-state index contributed by atoms with van der Waals surface area (Å²) in [5.74, 6) is -0.398. The van der Waals surface area contributed by atoms with Gasteiger partial charge in [-0.05, 0) is 65.2 Å². The van der Waals surface area contributed by atoms with Gasteiger partial charge in [0.2, 0.25) is 10.0 Å². The Morgan fingerprint density at radius 1 is 1.19 bits per heavy atom. The van der Waals surface area contributed by atoms with Crippen molar-refractivity contribution in [2.24, 2.45) is 5.92 Å². The molecule has 0 spiro atoms. The molecule has 15 heteroatoms. The third-order valence-corrected chi connectivity index (χ3v) is 10.4. The third kappa shape index (κ3) is 8.91. The molecule has 0 aliphatic carbocycles. The van der Waals surface area contributed by atoms with Crippen molar-refractivity contribution in [3.8, 4) is 5.75 Å². The second-order valence-electron chi connectivity index (χ2n) is 11.3. The van der Waals surface area contributed by atoms with Crippen molar-refractivity contribution in [2.45, 2.75) is 77.0 Å². The number of aryl methyl sites for hydroxylation is 2. The molecule has 2 N–H and O–H groups in total. The largest absolute Gasteiger partial charge is 0.490 e. The second-order valence-corrected chi connectivity index (χ2v) is 15.0. The predicted octanol–water partition coefficient (Wildman–Crippen LogP) is 2.78. The van der Waals surface area contributed by atoms with Crippen LogP contribution in [0.5, 0.6) is 5.75 Å². The number of aromatic nitrogens is 1. The Kier molecular flexibility index (Phi) is 11.6. The molecule has 13 nitrogen and oxygen atoms in total. The van der Waals surface area contributed by atoms with Gasteiger partial charge in [-0.1, -0.05) is 12.1 Å². The number of hydrogen-bond donors (Lipinski definition) is 2. The lowest BCUT2D eigenvalue weighted by Gasteiger charge is -2.35. The molecule has 3 rings (SSSR count). The average molecular weight is 645 g/mol. The van der Waals surface area contributed by atoms with Gasteiger partial charge in [0.15, 0.2) is 10.7 Å². The number of fused-ring (bicyclic) bond motifs is 1. The standard InChI is InChI=1S/C28H44N4O9S2/c1-18-15-32(19(2)17-33)28(34)24-14-23(30-43(37,38)27-21(4)29-41-22(27)5)11-12-25(24)40-20(3)10-8-9-13-39-26(18)16-31(6)42(7,35)36/h11-12,14,18-20,26,30,33H,8-10,13,15-17H2,1-7H3/t18-,19-,20+,26-/m0/s1. The minimum Gasteiger partial charge on any atom is -0.490 e. The Hall–Kier alpha value is -2.72. The number of sulfonamides is 2. The number of benzene rings is 1. The Labute approximate surface area is 254 Å². The van der Waals surface area contributed by atoms with Crippen LogP contribution in [-0.4, -0.2) is 100 Å². The first-order valence-corrected chi connectivity index (χ1v) is 17.6. The van der Waals surface area contributed by atoms with Gasteiger partial charge in [-0.2, -0.15) is 0 Å². The third-order valence-electron chi connectivity index (χ3n) is 7.54. The Bertz CT molecular complexity index is 1460. The fraction of sp³-hybridized carbons (Fsp3) is 0.643. The van der Waals surface area contributed by atoms with Gasteiger partial charge < -0.3 is 24.0 Å². The molecule has 0 fully saturated rings. The number of carbonyl (C=O) groups excluding carboxylic acids is 1. The lowest BCUT2D eigenvalue weighted by molar-refractivity contribution is -0.00828. The second kappa shape index (κ2) is 14.4. The molecule has 0 saturated heterocycles. The van der Waals surface area contributed by atoms with Gasteiger partial charge in [0.25, 0.3) is 15.9 Å². The molecule has 43 heavy (non-hydrogen) atoms. The highest BCUT2D eigenvalue weighted by Gasteiger charge is 2.32. The van der Waals surface area contributed by atoms with E-state index in [2.05, 4.69) is 9.88 Å². The summed E-state index contributed by atoms with van der Waals surface area (Å²) >= 11 is 0. The van der Waals surface area contributed by atoms with Crippen LogP contribution in [0.4, 0.5) is 5.69 Å². The molecule has 1 aromatic heterocycles. The van der Waals surface area contributed by atoms with E-state index in [9.17, 15) is 26.7 Å². The summed E-state index contributed by atoms with van der Waals surface area (Å²) in [5, 5.41) is 13.8. The maximum atomic E-state index is 14.2. The van der Waals surface area contributed by atoms with E-state index in [-0.39, 0.29) is 65.1 Å². The van der Waals surface area contributed by atoms with Crippen LogP contribution in [0, 0.1) is 19.8 Å². The van der Waals surface area contributed by atoms with Crippen LogP contribution >= 0.6 is 0 Å². The monoisotopic (exact) mass is 644 g/mol. The Balaban J connectivity index is 2.04. The smallest absolute Gasteiger partial charge is 0.267 e. The van der Waals surface area contributed by atoms with Crippen molar-refractivity contribution in [2.75, 3.05) is 44.3 Å².